The lowest BCUT2D eigenvalue weighted by Gasteiger charge is -2.35. The van der Waals surface area contributed by atoms with E-state index in [1.54, 1.807) is 17.0 Å². The Morgan fingerprint density at radius 1 is 1.14 bits per heavy atom. The molecule has 1 aromatic carbocycles. The summed E-state index contributed by atoms with van der Waals surface area (Å²) in [6, 6.07) is 3.29. The van der Waals surface area contributed by atoms with Gasteiger partial charge in [0.05, 0.1) is 18.7 Å². The van der Waals surface area contributed by atoms with Crippen LogP contribution in [0.15, 0.2) is 12.1 Å². The average Bonchev–Trinajstić information content (AvgIpc) is 2.70. The van der Waals surface area contributed by atoms with Gasteiger partial charge in [-0.15, -0.1) is 0 Å². The number of hydrogen-bond acceptors (Lipinski definition) is 4. The molecule has 0 spiro atoms. The Morgan fingerprint density at radius 3 is 2.36 bits per heavy atom. The maximum Gasteiger partial charge on any atom is 0.254 e. The second-order valence-electron chi connectivity index (χ2n) is 7.44. The fourth-order valence-corrected chi connectivity index (χ4v) is 3.36. The number of carbonyl (C=O) groups excluding carboxylic acids is 2. The number of rotatable bonds is 8. The Balaban J connectivity index is 2.01. The molecule has 0 radical (unpaired) electrons. The molecule has 1 aromatic rings. The van der Waals surface area contributed by atoms with Crippen LogP contribution in [0.25, 0.3) is 0 Å². The van der Waals surface area contributed by atoms with Crippen LogP contribution in [-0.4, -0.2) is 61.5 Å². The van der Waals surface area contributed by atoms with Gasteiger partial charge in [-0.25, -0.2) is 0 Å². The molecule has 1 heterocycles. The first-order chi connectivity index (χ1) is 13.4. The molecule has 6 nitrogen and oxygen atoms in total. The zero-order chi connectivity index (χ0) is 20.7. The van der Waals surface area contributed by atoms with Gasteiger partial charge in [-0.3, -0.25) is 9.59 Å². The summed E-state index contributed by atoms with van der Waals surface area (Å²) < 4.78 is 11.0. The van der Waals surface area contributed by atoms with Crippen LogP contribution in [0.5, 0.6) is 11.5 Å². The predicted octanol–water partition coefficient (Wildman–Crippen LogP) is 3.86. The zero-order valence-electron chi connectivity index (χ0n) is 17.3. The van der Waals surface area contributed by atoms with Crippen LogP contribution in [0.3, 0.4) is 0 Å². The summed E-state index contributed by atoms with van der Waals surface area (Å²) >= 11 is 6.33. The van der Waals surface area contributed by atoms with Gasteiger partial charge in [0.15, 0.2) is 11.5 Å². The van der Waals surface area contributed by atoms with E-state index in [-0.39, 0.29) is 11.8 Å². The number of piperazine rings is 1. The molecule has 2 amide bonds. The number of carbonyl (C=O) groups is 2. The van der Waals surface area contributed by atoms with Crippen molar-refractivity contribution in [3.8, 4) is 11.5 Å². The summed E-state index contributed by atoms with van der Waals surface area (Å²) in [5.74, 6) is 1.48. The molecule has 7 heteroatoms. The summed E-state index contributed by atoms with van der Waals surface area (Å²) in [7, 11) is 1.53. The van der Waals surface area contributed by atoms with Crippen molar-refractivity contribution in [1.82, 2.24) is 9.80 Å². The number of ether oxygens (including phenoxy) is 2. The lowest BCUT2D eigenvalue weighted by Crippen LogP contribution is -2.50. The quantitative estimate of drug-likeness (QED) is 0.653. The van der Waals surface area contributed by atoms with E-state index < -0.39 is 0 Å². The zero-order valence-corrected chi connectivity index (χ0v) is 18.1. The van der Waals surface area contributed by atoms with Gasteiger partial charge in [-0.1, -0.05) is 32.4 Å². The minimum Gasteiger partial charge on any atom is -0.493 e. The molecule has 0 aromatic heterocycles. The van der Waals surface area contributed by atoms with Gasteiger partial charge in [-0.2, -0.15) is 0 Å². The summed E-state index contributed by atoms with van der Waals surface area (Å²) in [4.78, 5) is 28.8. The van der Waals surface area contributed by atoms with Crippen LogP contribution < -0.4 is 9.47 Å². The van der Waals surface area contributed by atoms with Crippen molar-refractivity contribution in [2.24, 2.45) is 5.92 Å². The third kappa shape index (κ3) is 5.77. The van der Waals surface area contributed by atoms with Gasteiger partial charge in [0.25, 0.3) is 5.91 Å². The summed E-state index contributed by atoms with van der Waals surface area (Å²) in [5, 5.41) is 0.360. The molecule has 156 valence electrons. The second kappa shape index (κ2) is 10.6. The summed E-state index contributed by atoms with van der Waals surface area (Å²) in [6.07, 6.45) is 2.31. The minimum atomic E-state index is -0.114. The smallest absolute Gasteiger partial charge is 0.254 e. The Bertz CT molecular complexity index is 685. The third-order valence-corrected chi connectivity index (χ3v) is 5.06. The molecule has 0 atom stereocenters. The Labute approximate surface area is 172 Å². The van der Waals surface area contributed by atoms with Crippen molar-refractivity contribution in [2.75, 3.05) is 39.9 Å². The molecule has 1 aliphatic rings. The van der Waals surface area contributed by atoms with E-state index in [1.807, 2.05) is 11.8 Å². The van der Waals surface area contributed by atoms with Gasteiger partial charge in [-0.05, 0) is 30.9 Å². The third-order valence-electron chi connectivity index (χ3n) is 4.78. The van der Waals surface area contributed by atoms with Crippen molar-refractivity contribution < 1.29 is 19.1 Å². The van der Waals surface area contributed by atoms with Crippen molar-refractivity contribution >= 4 is 23.4 Å². The highest BCUT2D eigenvalue weighted by Gasteiger charge is 2.26. The maximum atomic E-state index is 12.9. The molecule has 0 unspecified atom stereocenters. The topological polar surface area (TPSA) is 59.1 Å². The van der Waals surface area contributed by atoms with Gasteiger partial charge >= 0.3 is 0 Å². The van der Waals surface area contributed by atoms with Gasteiger partial charge in [0.1, 0.15) is 0 Å². The van der Waals surface area contributed by atoms with Crippen molar-refractivity contribution in [1.29, 1.82) is 0 Å². The molecule has 28 heavy (non-hydrogen) atoms. The maximum absolute atomic E-state index is 12.9. The number of hydrogen-bond donors (Lipinski definition) is 0. The molecular formula is C21H31ClN2O4. The van der Waals surface area contributed by atoms with Gasteiger partial charge < -0.3 is 19.3 Å². The Kier molecular flexibility index (Phi) is 8.42. The Hall–Kier alpha value is -1.95. The van der Waals surface area contributed by atoms with Gasteiger partial charge in [0, 0.05) is 38.2 Å². The first-order valence-electron chi connectivity index (χ1n) is 9.94. The van der Waals surface area contributed by atoms with Crippen molar-refractivity contribution in [3.63, 3.8) is 0 Å². The lowest BCUT2D eigenvalue weighted by atomic mass is 10.1. The molecule has 0 N–H and O–H groups in total. The first-order valence-corrected chi connectivity index (χ1v) is 10.3. The number of halogens is 1. The molecule has 0 saturated carbocycles. The summed E-state index contributed by atoms with van der Waals surface area (Å²) in [5.41, 5.74) is 0.463. The monoisotopic (exact) mass is 410 g/mol. The standard InChI is InChI=1S/C21H31ClN2O4/c1-5-12-28-20-17(22)13-16(14-18(20)27-4)21(26)24-10-8-23(9-11-24)19(25)7-6-15(2)3/h13-15H,5-12H2,1-4H3. The predicted molar refractivity (Wildman–Crippen MR) is 110 cm³/mol. The van der Waals surface area contributed by atoms with Crippen molar-refractivity contribution in [3.05, 3.63) is 22.7 Å². The molecule has 1 fully saturated rings. The Morgan fingerprint density at radius 2 is 1.79 bits per heavy atom. The first kappa shape index (κ1) is 22.3. The van der Waals surface area contributed by atoms with Crippen LogP contribution >= 0.6 is 11.6 Å². The fourth-order valence-electron chi connectivity index (χ4n) is 3.10. The van der Waals surface area contributed by atoms with Crippen molar-refractivity contribution in [2.45, 2.75) is 40.0 Å². The van der Waals surface area contributed by atoms with E-state index in [9.17, 15) is 9.59 Å². The number of nitrogens with zero attached hydrogens (tertiary/aromatic N) is 2. The molecule has 0 aliphatic carbocycles. The van der Waals surface area contributed by atoms with E-state index in [2.05, 4.69) is 13.8 Å². The highest BCUT2D eigenvalue weighted by atomic mass is 35.5. The average molecular weight is 411 g/mol. The minimum absolute atomic E-state index is 0.114. The van der Waals surface area contributed by atoms with E-state index in [0.717, 1.165) is 12.8 Å². The highest BCUT2D eigenvalue weighted by Crippen LogP contribution is 2.37. The molecule has 1 aliphatic heterocycles. The number of amides is 2. The van der Waals surface area contributed by atoms with Crippen LogP contribution in [0.1, 0.15) is 50.4 Å². The normalized spacial score (nSPS) is 14.4. The molecular weight excluding hydrogens is 380 g/mol. The number of methoxy groups -OCH3 is 1. The van der Waals surface area contributed by atoms with E-state index >= 15 is 0 Å². The van der Waals surface area contributed by atoms with Crippen LogP contribution in [0, 0.1) is 5.92 Å². The molecule has 1 saturated heterocycles. The molecule has 2 rings (SSSR count). The highest BCUT2D eigenvalue weighted by molar-refractivity contribution is 6.32. The SMILES string of the molecule is CCCOc1c(Cl)cc(C(=O)N2CCN(C(=O)CCC(C)C)CC2)cc1OC. The fraction of sp³-hybridized carbons (Fsp3) is 0.619. The van der Waals surface area contributed by atoms with Gasteiger partial charge in [0.2, 0.25) is 5.91 Å². The van der Waals surface area contributed by atoms with E-state index in [1.165, 1.54) is 7.11 Å². The molecule has 0 bridgehead atoms. The van der Waals surface area contributed by atoms with E-state index in [0.29, 0.717) is 67.2 Å². The number of benzene rings is 1. The largest absolute Gasteiger partial charge is 0.493 e. The van der Waals surface area contributed by atoms with E-state index in [4.69, 9.17) is 21.1 Å². The van der Waals surface area contributed by atoms with Crippen LogP contribution in [-0.2, 0) is 4.79 Å². The summed E-state index contributed by atoms with van der Waals surface area (Å²) in [6.45, 7) is 8.91. The van der Waals surface area contributed by atoms with Crippen LogP contribution in [0.2, 0.25) is 5.02 Å². The lowest BCUT2D eigenvalue weighted by molar-refractivity contribution is -0.132. The second-order valence-corrected chi connectivity index (χ2v) is 7.85. The van der Waals surface area contributed by atoms with Crippen LogP contribution in [0.4, 0.5) is 0 Å².